The fourth-order valence-electron chi connectivity index (χ4n) is 4.47. The monoisotopic (exact) mass is 531 g/mol. The molecule has 0 fully saturated rings. The van der Waals surface area contributed by atoms with Crippen molar-refractivity contribution >= 4 is 33.8 Å². The quantitative estimate of drug-likeness (QED) is 0.344. The number of aryl methyl sites for hydroxylation is 1. The zero-order valence-electron chi connectivity index (χ0n) is 21.0. The first-order valence-corrected chi connectivity index (χ1v) is 13.0. The first-order valence-electron chi connectivity index (χ1n) is 12.1. The van der Waals surface area contributed by atoms with Crippen molar-refractivity contribution in [3.8, 4) is 17.5 Å². The lowest BCUT2D eigenvalue weighted by Gasteiger charge is -2.20. The zero-order chi connectivity index (χ0) is 26.9. The van der Waals surface area contributed by atoms with Gasteiger partial charge in [-0.2, -0.15) is 5.10 Å². The van der Waals surface area contributed by atoms with Crippen LogP contribution in [0.4, 0.5) is 0 Å². The van der Waals surface area contributed by atoms with E-state index in [2.05, 4.69) is 32.2 Å². The number of nitrogens with one attached hydrogen (secondary N) is 1. The molecule has 0 bridgehead atoms. The summed E-state index contributed by atoms with van der Waals surface area (Å²) in [4.78, 5) is 40.9. The van der Waals surface area contributed by atoms with Crippen molar-refractivity contribution in [1.29, 1.82) is 0 Å². The van der Waals surface area contributed by atoms with Gasteiger partial charge in [-0.05, 0) is 50.1 Å². The average molecular weight is 532 g/mol. The number of fused-ring (bicyclic) bond motifs is 2. The molecule has 6 rings (SSSR count). The fraction of sp³-hybridized carbons (Fsp3) is 0.103. The third-order valence-electron chi connectivity index (χ3n) is 6.21. The lowest BCUT2D eigenvalue weighted by Crippen LogP contribution is -2.33. The molecule has 0 unspecified atom stereocenters. The smallest absolute Gasteiger partial charge is 0.267 e. The van der Waals surface area contributed by atoms with Crippen LogP contribution in [0.2, 0.25) is 0 Å². The molecule has 10 heteroatoms. The Morgan fingerprint density at radius 3 is 2.67 bits per heavy atom. The van der Waals surface area contributed by atoms with Gasteiger partial charge in [0.05, 0.1) is 28.3 Å². The molecule has 6 aromatic rings. The molecule has 1 atom stereocenters. The Hall–Kier alpha value is -5.14. The van der Waals surface area contributed by atoms with Crippen LogP contribution in [0.3, 0.4) is 0 Å². The molecule has 1 amide bonds. The highest BCUT2D eigenvalue weighted by Crippen LogP contribution is 2.21. The molecule has 0 saturated carbocycles. The maximum absolute atomic E-state index is 14.1. The van der Waals surface area contributed by atoms with Crippen LogP contribution < -0.4 is 10.9 Å². The highest BCUT2D eigenvalue weighted by atomic mass is 32.1. The number of aromatic nitrogens is 6. The van der Waals surface area contributed by atoms with E-state index in [1.807, 2.05) is 41.8 Å². The van der Waals surface area contributed by atoms with E-state index >= 15 is 0 Å². The van der Waals surface area contributed by atoms with Crippen molar-refractivity contribution in [2.75, 3.05) is 0 Å². The van der Waals surface area contributed by atoms with Crippen LogP contribution in [-0.4, -0.2) is 35.0 Å². The van der Waals surface area contributed by atoms with Crippen LogP contribution in [0.25, 0.3) is 22.2 Å². The Balaban J connectivity index is 1.48. The normalized spacial score (nSPS) is 11.7. The molecule has 2 aromatic carbocycles. The third kappa shape index (κ3) is 4.45. The minimum atomic E-state index is -0.627. The Morgan fingerprint density at radius 2 is 1.87 bits per heavy atom. The third-order valence-corrected chi connectivity index (χ3v) is 6.90. The minimum absolute atomic E-state index is 0.278. The van der Waals surface area contributed by atoms with Crippen molar-refractivity contribution in [3.63, 3.8) is 0 Å². The fourth-order valence-corrected chi connectivity index (χ4v) is 4.95. The van der Waals surface area contributed by atoms with Crippen molar-refractivity contribution < 1.29 is 4.79 Å². The number of rotatable bonds is 4. The van der Waals surface area contributed by atoms with Gasteiger partial charge in [0.1, 0.15) is 11.4 Å². The number of hydrogen-bond acceptors (Lipinski definition) is 7. The lowest BCUT2D eigenvalue weighted by atomic mass is 10.1. The molecule has 9 nitrogen and oxygen atoms in total. The SMILES string of the molecule is Cc1nn2cccnc2c1C(=O)N[C@H](C)c1nc2cccc(C#Cc3nccs3)c2c(=O)n1-c1ccccc1. The number of amides is 1. The Kier molecular flexibility index (Phi) is 6.19. The number of hydrogen-bond donors (Lipinski definition) is 1. The number of thiazole rings is 1. The lowest BCUT2D eigenvalue weighted by molar-refractivity contribution is 0.0938. The van der Waals surface area contributed by atoms with E-state index in [1.54, 1.807) is 55.2 Å². The van der Waals surface area contributed by atoms with Gasteiger partial charge < -0.3 is 5.32 Å². The van der Waals surface area contributed by atoms with Gasteiger partial charge in [-0.15, -0.1) is 11.3 Å². The van der Waals surface area contributed by atoms with Crippen LogP contribution in [0.5, 0.6) is 0 Å². The van der Waals surface area contributed by atoms with Crippen molar-refractivity contribution in [2.45, 2.75) is 19.9 Å². The molecule has 1 N–H and O–H groups in total. The molecule has 190 valence electrons. The van der Waals surface area contributed by atoms with Gasteiger partial charge >= 0.3 is 0 Å². The van der Waals surface area contributed by atoms with Crippen LogP contribution >= 0.6 is 11.3 Å². The number of benzene rings is 2. The van der Waals surface area contributed by atoms with Gasteiger partial charge in [0.25, 0.3) is 11.5 Å². The number of nitrogens with zero attached hydrogens (tertiary/aromatic N) is 6. The molecule has 0 saturated heterocycles. The molecular weight excluding hydrogens is 510 g/mol. The highest BCUT2D eigenvalue weighted by molar-refractivity contribution is 7.10. The van der Waals surface area contributed by atoms with Gasteiger partial charge in [0, 0.05) is 29.5 Å². The number of carbonyl (C=O) groups is 1. The van der Waals surface area contributed by atoms with E-state index in [-0.39, 0.29) is 11.5 Å². The summed E-state index contributed by atoms with van der Waals surface area (Å²) in [6, 6.07) is 15.7. The first-order chi connectivity index (χ1) is 19.0. The topological polar surface area (TPSA) is 107 Å². The summed E-state index contributed by atoms with van der Waals surface area (Å²) in [5, 5.41) is 10.3. The highest BCUT2D eigenvalue weighted by Gasteiger charge is 2.24. The van der Waals surface area contributed by atoms with E-state index < -0.39 is 6.04 Å². The van der Waals surface area contributed by atoms with Crippen molar-refractivity contribution in [1.82, 2.24) is 34.4 Å². The number of para-hydroxylation sites is 1. The molecule has 0 aliphatic rings. The zero-order valence-corrected chi connectivity index (χ0v) is 21.8. The predicted molar refractivity (Wildman–Crippen MR) is 149 cm³/mol. The van der Waals surface area contributed by atoms with Gasteiger partial charge in [-0.3, -0.25) is 14.2 Å². The molecule has 0 aliphatic heterocycles. The summed E-state index contributed by atoms with van der Waals surface area (Å²) < 4.78 is 3.10. The van der Waals surface area contributed by atoms with Gasteiger partial charge in [-0.1, -0.05) is 30.2 Å². The molecule has 4 heterocycles. The summed E-state index contributed by atoms with van der Waals surface area (Å²) in [5.41, 5.74) is 2.77. The molecule has 39 heavy (non-hydrogen) atoms. The van der Waals surface area contributed by atoms with E-state index in [0.717, 1.165) is 0 Å². The summed E-state index contributed by atoms with van der Waals surface area (Å²) in [7, 11) is 0. The molecule has 4 aromatic heterocycles. The van der Waals surface area contributed by atoms with Crippen molar-refractivity contribution in [2.24, 2.45) is 0 Å². The average Bonchev–Trinajstić information content (AvgIpc) is 3.59. The van der Waals surface area contributed by atoms with E-state index in [0.29, 0.717) is 49.9 Å². The Bertz CT molecular complexity index is 1970. The number of carbonyl (C=O) groups excluding carboxylic acids is 1. The Morgan fingerprint density at radius 1 is 1.03 bits per heavy atom. The second kappa shape index (κ2) is 9.96. The summed E-state index contributed by atoms with van der Waals surface area (Å²) in [6.07, 6.45) is 5.04. The van der Waals surface area contributed by atoms with Crippen LogP contribution in [0, 0.1) is 18.8 Å². The standard InChI is InChI=1S/C29H21N7O2S/c1-18-24(27-31-14-7-16-35(27)34-18)28(37)32-19(2)26-33-22-11-6-8-20(12-13-23-30-15-17-39-23)25(22)29(38)36(26)21-9-4-3-5-10-21/h3-11,14-17,19H,1-2H3,(H,32,37)/t19-/m1/s1. The van der Waals surface area contributed by atoms with Gasteiger partial charge in [0.2, 0.25) is 0 Å². The van der Waals surface area contributed by atoms with Gasteiger partial charge in [0.15, 0.2) is 10.7 Å². The summed E-state index contributed by atoms with van der Waals surface area (Å²) in [6.45, 7) is 3.56. The van der Waals surface area contributed by atoms with E-state index in [1.165, 1.54) is 15.9 Å². The second-order valence-electron chi connectivity index (χ2n) is 8.78. The largest absolute Gasteiger partial charge is 0.342 e. The van der Waals surface area contributed by atoms with Crippen LogP contribution in [0.15, 0.2) is 83.4 Å². The van der Waals surface area contributed by atoms with Gasteiger partial charge in [-0.25, -0.2) is 19.5 Å². The summed E-state index contributed by atoms with van der Waals surface area (Å²) >= 11 is 1.43. The Labute approximate surface area is 226 Å². The van der Waals surface area contributed by atoms with Crippen LogP contribution in [-0.2, 0) is 0 Å². The maximum atomic E-state index is 14.1. The molecule has 0 aliphatic carbocycles. The van der Waals surface area contributed by atoms with E-state index in [4.69, 9.17) is 4.98 Å². The summed E-state index contributed by atoms with van der Waals surface area (Å²) in [5.74, 6) is 6.15. The van der Waals surface area contributed by atoms with Crippen LogP contribution in [0.1, 0.15) is 45.4 Å². The minimum Gasteiger partial charge on any atom is -0.342 e. The molecule has 0 radical (unpaired) electrons. The van der Waals surface area contributed by atoms with E-state index in [9.17, 15) is 9.59 Å². The predicted octanol–water partition coefficient (Wildman–Crippen LogP) is 4.08. The molecule has 0 spiro atoms. The van der Waals surface area contributed by atoms with Crippen molar-refractivity contribution in [3.05, 3.63) is 117 Å². The maximum Gasteiger partial charge on any atom is 0.267 e. The first kappa shape index (κ1) is 24.2. The molecular formula is C29H21N7O2S. The second-order valence-corrected chi connectivity index (χ2v) is 9.67.